The van der Waals surface area contributed by atoms with Crippen LogP contribution in [0.3, 0.4) is 0 Å². The summed E-state index contributed by atoms with van der Waals surface area (Å²) in [5, 5.41) is 2.48. The normalized spacial score (nSPS) is 21.9. The highest BCUT2D eigenvalue weighted by molar-refractivity contribution is 5.71. The first-order chi connectivity index (χ1) is 8.40. The van der Waals surface area contributed by atoms with Crippen LogP contribution in [0.2, 0.25) is 0 Å². The molecule has 0 aromatic heterocycles. The maximum absolute atomic E-state index is 12.1. The summed E-state index contributed by atoms with van der Waals surface area (Å²) in [5.41, 5.74) is 0. The molecule has 106 valence electrons. The maximum Gasteiger partial charge on any atom is 0.401 e. The molecule has 0 aliphatic carbocycles. The molecule has 1 atom stereocenters. The number of carbonyl (C=O) groups is 1. The second-order valence-corrected chi connectivity index (χ2v) is 4.38. The van der Waals surface area contributed by atoms with Crippen LogP contribution in [-0.2, 0) is 9.53 Å². The van der Waals surface area contributed by atoms with E-state index in [2.05, 4.69) is 5.32 Å². The molecule has 1 aliphatic heterocycles. The van der Waals surface area contributed by atoms with Crippen molar-refractivity contribution in [2.75, 3.05) is 32.8 Å². The number of carbonyl (C=O) groups excluding carboxylic acids is 1. The van der Waals surface area contributed by atoms with Gasteiger partial charge in [-0.2, -0.15) is 13.2 Å². The molecule has 1 unspecified atom stereocenters. The van der Waals surface area contributed by atoms with E-state index in [4.69, 9.17) is 4.74 Å². The van der Waals surface area contributed by atoms with Crippen molar-refractivity contribution in [1.29, 1.82) is 0 Å². The predicted molar refractivity (Wildman–Crippen MR) is 60.2 cm³/mol. The molecule has 1 rings (SSSR count). The average Bonchev–Trinajstić information content (AvgIpc) is 2.26. The molecule has 0 aromatic rings. The highest BCUT2D eigenvalue weighted by atomic mass is 19.4. The van der Waals surface area contributed by atoms with Crippen LogP contribution in [-0.4, -0.2) is 55.9 Å². The van der Waals surface area contributed by atoms with Gasteiger partial charge in [-0.05, 0) is 26.3 Å². The number of halogens is 3. The summed E-state index contributed by atoms with van der Waals surface area (Å²) < 4.78 is 41.0. The van der Waals surface area contributed by atoms with Gasteiger partial charge in [0.25, 0.3) is 0 Å². The summed E-state index contributed by atoms with van der Waals surface area (Å²) in [4.78, 5) is 13.1. The first-order valence-corrected chi connectivity index (χ1v) is 6.09. The maximum atomic E-state index is 12.1. The van der Waals surface area contributed by atoms with Gasteiger partial charge in [-0.3, -0.25) is 9.69 Å². The molecular weight excluding hydrogens is 249 g/mol. The lowest BCUT2D eigenvalue weighted by Gasteiger charge is -2.32. The number of esters is 1. The molecule has 4 nitrogen and oxygen atoms in total. The minimum atomic E-state index is -4.19. The fraction of sp³-hybridized carbons (Fsp3) is 0.909. The molecule has 7 heteroatoms. The van der Waals surface area contributed by atoms with E-state index < -0.39 is 12.7 Å². The number of nitrogens with one attached hydrogen (secondary N) is 1. The van der Waals surface area contributed by atoms with E-state index in [1.54, 1.807) is 6.92 Å². The summed E-state index contributed by atoms with van der Waals surface area (Å²) >= 11 is 0. The lowest BCUT2D eigenvalue weighted by atomic mass is 10.1. The quantitative estimate of drug-likeness (QED) is 0.760. The zero-order valence-corrected chi connectivity index (χ0v) is 10.4. The van der Waals surface area contributed by atoms with E-state index in [0.717, 1.165) is 13.0 Å². The van der Waals surface area contributed by atoms with E-state index in [-0.39, 0.29) is 18.6 Å². The SMILES string of the molecule is CCOC(=O)CN1CCCC(NCC(F)(F)F)C1. The van der Waals surface area contributed by atoms with Gasteiger partial charge in [-0.15, -0.1) is 0 Å². The Morgan fingerprint density at radius 1 is 1.50 bits per heavy atom. The molecule has 1 N–H and O–H groups in total. The molecule has 0 amide bonds. The molecule has 1 heterocycles. The topological polar surface area (TPSA) is 41.6 Å². The summed E-state index contributed by atoms with van der Waals surface area (Å²) in [6.07, 6.45) is -2.70. The Morgan fingerprint density at radius 3 is 2.83 bits per heavy atom. The standard InChI is InChI=1S/C11H19F3N2O2/c1-2-18-10(17)7-16-5-3-4-9(6-16)15-8-11(12,13)14/h9,15H,2-8H2,1H3. The monoisotopic (exact) mass is 268 g/mol. The molecule has 0 spiro atoms. The van der Waals surface area contributed by atoms with Crippen molar-refractivity contribution in [3.8, 4) is 0 Å². The molecule has 0 bridgehead atoms. The van der Waals surface area contributed by atoms with Gasteiger partial charge in [-0.1, -0.05) is 0 Å². The van der Waals surface area contributed by atoms with Crippen LogP contribution in [0.25, 0.3) is 0 Å². The lowest BCUT2D eigenvalue weighted by molar-refractivity contribution is -0.145. The van der Waals surface area contributed by atoms with Gasteiger partial charge in [-0.25, -0.2) is 0 Å². The molecule has 0 aromatic carbocycles. The van der Waals surface area contributed by atoms with E-state index in [1.165, 1.54) is 0 Å². The highest BCUT2D eigenvalue weighted by Gasteiger charge is 2.29. The van der Waals surface area contributed by atoms with E-state index in [1.807, 2.05) is 4.90 Å². The third kappa shape index (κ3) is 6.20. The van der Waals surface area contributed by atoms with E-state index in [0.29, 0.717) is 19.6 Å². The number of nitrogens with zero attached hydrogens (tertiary/aromatic N) is 1. The zero-order valence-electron chi connectivity index (χ0n) is 10.4. The van der Waals surface area contributed by atoms with Crippen LogP contribution < -0.4 is 5.32 Å². The Labute approximate surface area is 104 Å². The zero-order chi connectivity index (χ0) is 13.6. The third-order valence-corrected chi connectivity index (χ3v) is 2.75. The van der Waals surface area contributed by atoms with Gasteiger partial charge in [0.1, 0.15) is 0 Å². The summed E-state index contributed by atoms with van der Waals surface area (Å²) in [7, 11) is 0. The van der Waals surface area contributed by atoms with Crippen LogP contribution >= 0.6 is 0 Å². The van der Waals surface area contributed by atoms with Crippen molar-refractivity contribution in [3.05, 3.63) is 0 Å². The van der Waals surface area contributed by atoms with Gasteiger partial charge >= 0.3 is 12.1 Å². The van der Waals surface area contributed by atoms with Crippen molar-refractivity contribution in [1.82, 2.24) is 10.2 Å². The number of piperidine rings is 1. The van der Waals surface area contributed by atoms with Crippen LogP contribution in [0.1, 0.15) is 19.8 Å². The first-order valence-electron chi connectivity index (χ1n) is 6.09. The Bertz CT molecular complexity index is 272. The van der Waals surface area contributed by atoms with Crippen LogP contribution in [0.5, 0.6) is 0 Å². The van der Waals surface area contributed by atoms with Crippen molar-refractivity contribution in [2.24, 2.45) is 0 Å². The Hall–Kier alpha value is -0.820. The van der Waals surface area contributed by atoms with Crippen LogP contribution in [0.4, 0.5) is 13.2 Å². The summed E-state index contributed by atoms with van der Waals surface area (Å²) in [5.74, 6) is -0.325. The summed E-state index contributed by atoms with van der Waals surface area (Å²) in [6, 6.07) is -0.213. The highest BCUT2D eigenvalue weighted by Crippen LogP contribution is 2.15. The molecular formula is C11H19F3N2O2. The number of hydrogen-bond acceptors (Lipinski definition) is 4. The lowest BCUT2D eigenvalue weighted by Crippen LogP contribution is -2.49. The third-order valence-electron chi connectivity index (χ3n) is 2.75. The Balaban J connectivity index is 2.30. The number of likely N-dealkylation sites (tertiary alicyclic amines) is 1. The fourth-order valence-electron chi connectivity index (χ4n) is 2.02. The second kappa shape index (κ2) is 6.94. The predicted octanol–water partition coefficient (Wildman–Crippen LogP) is 1.17. The van der Waals surface area contributed by atoms with Crippen molar-refractivity contribution in [3.63, 3.8) is 0 Å². The largest absolute Gasteiger partial charge is 0.465 e. The summed E-state index contributed by atoms with van der Waals surface area (Å²) in [6.45, 7) is 2.39. The van der Waals surface area contributed by atoms with Gasteiger partial charge in [0, 0.05) is 12.6 Å². The number of hydrogen-bond donors (Lipinski definition) is 1. The number of ether oxygens (including phenoxy) is 1. The van der Waals surface area contributed by atoms with Gasteiger partial charge in [0.15, 0.2) is 0 Å². The van der Waals surface area contributed by atoms with Crippen molar-refractivity contribution in [2.45, 2.75) is 32.0 Å². The number of alkyl halides is 3. The van der Waals surface area contributed by atoms with Crippen molar-refractivity contribution < 1.29 is 22.7 Å². The Morgan fingerprint density at radius 2 is 2.22 bits per heavy atom. The molecule has 1 aliphatic rings. The molecule has 0 radical (unpaired) electrons. The van der Waals surface area contributed by atoms with E-state index >= 15 is 0 Å². The van der Waals surface area contributed by atoms with Crippen LogP contribution in [0, 0.1) is 0 Å². The van der Waals surface area contributed by atoms with E-state index in [9.17, 15) is 18.0 Å². The molecule has 1 saturated heterocycles. The van der Waals surface area contributed by atoms with Gasteiger partial charge in [0.2, 0.25) is 0 Å². The van der Waals surface area contributed by atoms with Crippen LogP contribution in [0.15, 0.2) is 0 Å². The molecule has 1 fully saturated rings. The second-order valence-electron chi connectivity index (χ2n) is 4.38. The Kier molecular flexibility index (Phi) is 5.87. The molecule has 0 saturated carbocycles. The van der Waals surface area contributed by atoms with Gasteiger partial charge < -0.3 is 10.1 Å². The smallest absolute Gasteiger partial charge is 0.401 e. The van der Waals surface area contributed by atoms with Crippen molar-refractivity contribution >= 4 is 5.97 Å². The number of rotatable bonds is 5. The van der Waals surface area contributed by atoms with Gasteiger partial charge in [0.05, 0.1) is 19.7 Å². The minimum absolute atomic E-state index is 0.151. The minimum Gasteiger partial charge on any atom is -0.465 e. The average molecular weight is 268 g/mol. The molecule has 18 heavy (non-hydrogen) atoms. The first kappa shape index (κ1) is 15.2. The fourth-order valence-corrected chi connectivity index (χ4v) is 2.02.